The number of fused-ring (bicyclic) bond motifs is 1. The monoisotopic (exact) mass is 194 g/mol. The average molecular weight is 194 g/mol. The van der Waals surface area contributed by atoms with Crippen molar-refractivity contribution in [3.63, 3.8) is 0 Å². The molecule has 1 heterocycles. The highest BCUT2D eigenvalue weighted by Gasteiger charge is 2.07. The van der Waals surface area contributed by atoms with E-state index in [1.165, 1.54) is 6.07 Å². The second-order valence-corrected chi connectivity index (χ2v) is 3.10. The van der Waals surface area contributed by atoms with Gasteiger partial charge in [0.25, 0.3) is 0 Å². The van der Waals surface area contributed by atoms with Gasteiger partial charge < -0.3 is 9.82 Å². The summed E-state index contributed by atoms with van der Waals surface area (Å²) in [4.78, 5) is 7.47. The molecule has 2 aromatic rings. The summed E-state index contributed by atoms with van der Waals surface area (Å²) in [7, 11) is 0. The van der Waals surface area contributed by atoms with Gasteiger partial charge >= 0.3 is 0 Å². The average Bonchev–Trinajstić information content (AvgIpc) is 2.59. The van der Waals surface area contributed by atoms with Gasteiger partial charge in [-0.1, -0.05) is 6.07 Å². The molecule has 0 saturated heterocycles. The van der Waals surface area contributed by atoms with E-state index in [1.54, 1.807) is 12.3 Å². The van der Waals surface area contributed by atoms with Gasteiger partial charge in [-0.15, -0.1) is 0 Å². The van der Waals surface area contributed by atoms with Crippen LogP contribution in [0.1, 0.15) is 5.56 Å². The molecular weight excluding hydrogens is 183 g/mol. The molecule has 0 bridgehead atoms. The van der Waals surface area contributed by atoms with Crippen molar-refractivity contribution < 1.29 is 9.23 Å². The SMILES string of the molecule is NOCCc1c[nH]c2cccc(F)c12. The molecule has 0 radical (unpaired) electrons. The lowest BCUT2D eigenvalue weighted by molar-refractivity contribution is 0.141. The van der Waals surface area contributed by atoms with Gasteiger partial charge in [0.05, 0.1) is 6.61 Å². The molecule has 0 aliphatic heterocycles. The Morgan fingerprint density at radius 3 is 3.07 bits per heavy atom. The Morgan fingerprint density at radius 1 is 1.43 bits per heavy atom. The molecule has 2 rings (SSSR count). The lowest BCUT2D eigenvalue weighted by Crippen LogP contribution is -2.03. The fourth-order valence-electron chi connectivity index (χ4n) is 1.57. The summed E-state index contributed by atoms with van der Waals surface area (Å²) >= 11 is 0. The van der Waals surface area contributed by atoms with E-state index in [4.69, 9.17) is 5.90 Å². The maximum Gasteiger partial charge on any atom is 0.132 e. The third-order valence-corrected chi connectivity index (χ3v) is 2.23. The topological polar surface area (TPSA) is 51.0 Å². The number of nitrogens with two attached hydrogens (primary N) is 1. The predicted octanol–water partition coefficient (Wildman–Crippen LogP) is 1.74. The number of nitrogens with one attached hydrogen (secondary N) is 1. The van der Waals surface area contributed by atoms with Crippen molar-refractivity contribution in [2.45, 2.75) is 6.42 Å². The molecular formula is C10H11FN2O. The minimum Gasteiger partial charge on any atom is -0.361 e. The smallest absolute Gasteiger partial charge is 0.132 e. The summed E-state index contributed by atoms with van der Waals surface area (Å²) in [5, 5.41) is 0.629. The predicted molar refractivity (Wildman–Crippen MR) is 52.1 cm³/mol. The van der Waals surface area contributed by atoms with Crippen molar-refractivity contribution in [2.24, 2.45) is 5.90 Å². The zero-order valence-electron chi connectivity index (χ0n) is 7.59. The quantitative estimate of drug-likeness (QED) is 0.731. The van der Waals surface area contributed by atoms with Gasteiger partial charge in [0.15, 0.2) is 0 Å². The molecule has 0 fully saturated rings. The summed E-state index contributed by atoms with van der Waals surface area (Å²) in [5.41, 5.74) is 1.69. The Hall–Kier alpha value is -1.39. The lowest BCUT2D eigenvalue weighted by Gasteiger charge is -1.98. The molecule has 0 atom stereocenters. The van der Waals surface area contributed by atoms with E-state index in [-0.39, 0.29) is 5.82 Å². The minimum atomic E-state index is -0.212. The third-order valence-electron chi connectivity index (χ3n) is 2.23. The molecule has 0 spiro atoms. The number of hydrogen-bond acceptors (Lipinski definition) is 2. The van der Waals surface area contributed by atoms with Gasteiger partial charge in [0.1, 0.15) is 5.82 Å². The Balaban J connectivity index is 2.45. The maximum absolute atomic E-state index is 13.4. The van der Waals surface area contributed by atoms with Gasteiger partial charge in [-0.25, -0.2) is 10.3 Å². The Kier molecular flexibility index (Phi) is 2.47. The van der Waals surface area contributed by atoms with Crippen LogP contribution in [0.5, 0.6) is 0 Å². The molecule has 0 amide bonds. The van der Waals surface area contributed by atoms with Crippen LogP contribution in [0.3, 0.4) is 0 Å². The van der Waals surface area contributed by atoms with Crippen LogP contribution < -0.4 is 5.90 Å². The number of aromatic nitrogens is 1. The second kappa shape index (κ2) is 3.77. The molecule has 3 N–H and O–H groups in total. The maximum atomic E-state index is 13.4. The summed E-state index contributed by atoms with van der Waals surface area (Å²) in [6.45, 7) is 0.390. The highest BCUT2D eigenvalue weighted by molar-refractivity contribution is 5.83. The highest BCUT2D eigenvalue weighted by atomic mass is 19.1. The number of aromatic amines is 1. The molecule has 14 heavy (non-hydrogen) atoms. The highest BCUT2D eigenvalue weighted by Crippen LogP contribution is 2.21. The van der Waals surface area contributed by atoms with Crippen molar-refractivity contribution >= 4 is 10.9 Å². The number of rotatable bonds is 3. The van der Waals surface area contributed by atoms with Gasteiger partial charge in [0, 0.05) is 17.1 Å². The van der Waals surface area contributed by atoms with Gasteiger partial charge in [-0.05, 0) is 24.1 Å². The van der Waals surface area contributed by atoms with E-state index in [2.05, 4.69) is 9.82 Å². The lowest BCUT2D eigenvalue weighted by atomic mass is 10.1. The molecule has 0 aliphatic rings. The molecule has 4 heteroatoms. The van der Waals surface area contributed by atoms with Crippen LogP contribution in [0, 0.1) is 5.82 Å². The fraction of sp³-hybridized carbons (Fsp3) is 0.200. The summed E-state index contributed by atoms with van der Waals surface area (Å²) < 4.78 is 13.4. The van der Waals surface area contributed by atoms with E-state index in [0.717, 1.165) is 11.1 Å². The first-order valence-electron chi connectivity index (χ1n) is 4.39. The molecule has 0 aliphatic carbocycles. The van der Waals surface area contributed by atoms with Crippen molar-refractivity contribution in [2.75, 3.05) is 6.61 Å². The number of halogens is 1. The van der Waals surface area contributed by atoms with Crippen LogP contribution in [-0.4, -0.2) is 11.6 Å². The van der Waals surface area contributed by atoms with Crippen LogP contribution >= 0.6 is 0 Å². The van der Waals surface area contributed by atoms with Crippen LogP contribution in [-0.2, 0) is 11.3 Å². The summed E-state index contributed by atoms with van der Waals surface area (Å²) in [5.74, 6) is 4.71. The molecule has 3 nitrogen and oxygen atoms in total. The zero-order valence-corrected chi connectivity index (χ0v) is 7.59. The molecule has 1 aromatic carbocycles. The summed E-state index contributed by atoms with van der Waals surface area (Å²) in [6.07, 6.45) is 2.39. The largest absolute Gasteiger partial charge is 0.361 e. The van der Waals surface area contributed by atoms with Crippen molar-refractivity contribution in [1.29, 1.82) is 0 Å². The Morgan fingerprint density at radius 2 is 2.29 bits per heavy atom. The van der Waals surface area contributed by atoms with Crippen LogP contribution in [0.4, 0.5) is 4.39 Å². The first kappa shape index (κ1) is 9.18. The molecule has 1 aromatic heterocycles. The Bertz CT molecular complexity index is 439. The molecule has 0 saturated carbocycles. The number of benzene rings is 1. The van der Waals surface area contributed by atoms with Crippen molar-refractivity contribution in [3.05, 3.63) is 35.8 Å². The Labute approximate surface area is 80.6 Å². The van der Waals surface area contributed by atoms with E-state index < -0.39 is 0 Å². The molecule has 0 unspecified atom stereocenters. The first-order chi connectivity index (χ1) is 6.83. The minimum absolute atomic E-state index is 0.212. The zero-order chi connectivity index (χ0) is 9.97. The van der Waals surface area contributed by atoms with E-state index in [0.29, 0.717) is 18.4 Å². The van der Waals surface area contributed by atoms with Crippen molar-refractivity contribution in [3.8, 4) is 0 Å². The van der Waals surface area contributed by atoms with Crippen LogP contribution in [0.25, 0.3) is 10.9 Å². The van der Waals surface area contributed by atoms with Crippen molar-refractivity contribution in [1.82, 2.24) is 4.98 Å². The van der Waals surface area contributed by atoms with Crippen LogP contribution in [0.2, 0.25) is 0 Å². The van der Waals surface area contributed by atoms with E-state index >= 15 is 0 Å². The first-order valence-corrected chi connectivity index (χ1v) is 4.39. The normalized spacial score (nSPS) is 11.0. The van der Waals surface area contributed by atoms with Crippen LogP contribution in [0.15, 0.2) is 24.4 Å². The van der Waals surface area contributed by atoms with Gasteiger partial charge in [-0.2, -0.15) is 0 Å². The van der Waals surface area contributed by atoms with Gasteiger partial charge in [0.2, 0.25) is 0 Å². The van der Waals surface area contributed by atoms with E-state index in [1.807, 2.05) is 6.07 Å². The molecule has 74 valence electrons. The fourth-order valence-corrected chi connectivity index (χ4v) is 1.57. The second-order valence-electron chi connectivity index (χ2n) is 3.10. The number of H-pyrrole nitrogens is 1. The van der Waals surface area contributed by atoms with E-state index in [9.17, 15) is 4.39 Å². The third kappa shape index (κ3) is 1.49. The van der Waals surface area contributed by atoms with Gasteiger partial charge in [-0.3, -0.25) is 0 Å². The summed E-state index contributed by atoms with van der Waals surface area (Å²) in [6, 6.07) is 4.96. The standard InChI is InChI=1S/C10H11FN2O/c11-8-2-1-3-9-10(8)7(6-13-9)4-5-14-12/h1-3,6,13H,4-5,12H2. The number of hydrogen-bond donors (Lipinski definition) is 2.